The van der Waals surface area contributed by atoms with Gasteiger partial charge in [-0.05, 0) is 58.5 Å². The van der Waals surface area contributed by atoms with Crippen LogP contribution in [0, 0.1) is 0 Å². The van der Waals surface area contributed by atoms with Crippen LogP contribution < -0.4 is 0 Å². The molecule has 0 saturated carbocycles. The quantitative estimate of drug-likeness (QED) is 0.219. The minimum Gasteiger partial charge on any atom is -0.455 e. The summed E-state index contributed by atoms with van der Waals surface area (Å²) in [6, 6.07) is 45.1. The Kier molecular flexibility index (Phi) is 5.45. The van der Waals surface area contributed by atoms with E-state index in [9.17, 15) is 0 Å². The summed E-state index contributed by atoms with van der Waals surface area (Å²) in [5, 5.41) is 5.90. The number of fused-ring (bicyclic) bond motifs is 11. The Morgan fingerprint density at radius 2 is 1.33 bits per heavy atom. The monoisotopic (exact) mass is 552 g/mol. The van der Waals surface area contributed by atoms with Crippen molar-refractivity contribution in [2.24, 2.45) is 0 Å². The summed E-state index contributed by atoms with van der Waals surface area (Å²) in [7, 11) is 0. The van der Waals surface area contributed by atoms with E-state index in [1.807, 2.05) is 0 Å². The average molecular weight is 553 g/mol. The van der Waals surface area contributed by atoms with E-state index in [-0.39, 0.29) is 5.92 Å². The van der Waals surface area contributed by atoms with Crippen LogP contribution in [0.5, 0.6) is 0 Å². The third kappa shape index (κ3) is 3.81. The van der Waals surface area contributed by atoms with Crippen LogP contribution in [0.4, 0.5) is 0 Å². The molecule has 0 N–H and O–H groups in total. The standard InChI is InChI=1S/C40H28N2O/c1-2-13-26(14-3-1)39-31-18-8-10-20-33(31)41-35(42-39)24-27-23-22-25-12-4-5-15-28(25)37-36(27)29-16-6-7-17-30(29)40-38(37)32-19-9-11-21-34(32)43-40/h1-21,27H,22-24H2. The molecule has 2 heterocycles. The first-order chi connectivity index (χ1) is 21.3. The van der Waals surface area contributed by atoms with Crippen LogP contribution in [-0.2, 0) is 12.8 Å². The van der Waals surface area contributed by atoms with E-state index in [2.05, 4.69) is 127 Å². The van der Waals surface area contributed by atoms with Crippen LogP contribution in [-0.4, -0.2) is 9.97 Å². The van der Waals surface area contributed by atoms with Crippen LogP contribution >= 0.6 is 0 Å². The van der Waals surface area contributed by atoms with Crippen molar-refractivity contribution in [3.63, 3.8) is 0 Å². The lowest BCUT2D eigenvalue weighted by molar-refractivity contribution is 0.615. The highest BCUT2D eigenvalue weighted by atomic mass is 16.3. The molecular formula is C40H28N2O. The van der Waals surface area contributed by atoms with Gasteiger partial charge in [0.1, 0.15) is 17.0 Å². The topological polar surface area (TPSA) is 38.9 Å². The fraction of sp³-hybridized carbons (Fsp3) is 0.100. The van der Waals surface area contributed by atoms with Gasteiger partial charge >= 0.3 is 0 Å². The largest absolute Gasteiger partial charge is 0.455 e. The zero-order chi connectivity index (χ0) is 28.3. The summed E-state index contributed by atoms with van der Waals surface area (Å²) in [5.74, 6) is 1.12. The molecule has 43 heavy (non-hydrogen) atoms. The number of rotatable bonds is 3. The van der Waals surface area contributed by atoms with E-state index >= 15 is 0 Å². The number of aromatic nitrogens is 2. The molecule has 0 spiro atoms. The normalized spacial score (nSPS) is 14.7. The summed E-state index contributed by atoms with van der Waals surface area (Å²) in [4.78, 5) is 10.4. The summed E-state index contributed by atoms with van der Waals surface area (Å²) >= 11 is 0. The number of hydrogen-bond acceptors (Lipinski definition) is 3. The third-order valence-electron chi connectivity index (χ3n) is 9.16. The molecule has 3 heteroatoms. The van der Waals surface area contributed by atoms with E-state index in [0.29, 0.717) is 0 Å². The van der Waals surface area contributed by atoms with Crippen molar-refractivity contribution in [3.8, 4) is 22.4 Å². The van der Waals surface area contributed by atoms with Gasteiger partial charge in [-0.2, -0.15) is 0 Å². The molecule has 2 aromatic heterocycles. The van der Waals surface area contributed by atoms with E-state index in [1.54, 1.807) is 0 Å². The van der Waals surface area contributed by atoms with Crippen molar-refractivity contribution in [1.82, 2.24) is 9.97 Å². The van der Waals surface area contributed by atoms with Gasteiger partial charge in [-0.15, -0.1) is 0 Å². The lowest BCUT2D eigenvalue weighted by Gasteiger charge is -2.21. The van der Waals surface area contributed by atoms with Crippen LogP contribution in [0.3, 0.4) is 0 Å². The Morgan fingerprint density at radius 1 is 0.628 bits per heavy atom. The Bertz CT molecular complexity index is 2330. The molecule has 0 saturated heterocycles. The van der Waals surface area contributed by atoms with Gasteiger partial charge < -0.3 is 4.42 Å². The lowest BCUT2D eigenvalue weighted by Crippen LogP contribution is -2.09. The van der Waals surface area contributed by atoms with E-state index in [0.717, 1.165) is 58.4 Å². The molecular weight excluding hydrogens is 524 g/mol. The van der Waals surface area contributed by atoms with Gasteiger partial charge in [0.2, 0.25) is 0 Å². The fourth-order valence-electron chi connectivity index (χ4n) is 7.29. The van der Waals surface area contributed by atoms with Gasteiger partial charge in [0.15, 0.2) is 0 Å². The van der Waals surface area contributed by atoms with Gasteiger partial charge in [-0.3, -0.25) is 0 Å². The molecule has 3 nitrogen and oxygen atoms in total. The lowest BCUT2D eigenvalue weighted by atomic mass is 9.82. The minimum atomic E-state index is 0.232. The van der Waals surface area contributed by atoms with Gasteiger partial charge in [-0.25, -0.2) is 9.97 Å². The summed E-state index contributed by atoms with van der Waals surface area (Å²) in [6.07, 6.45) is 2.78. The number of aryl methyl sites for hydroxylation is 1. The SMILES string of the molecule is c1ccc(-c2nc(CC3CCc4ccccc4-c4c3c3ccccc3c3oc5ccccc5c43)nc3ccccc23)cc1. The molecule has 1 aliphatic rings. The summed E-state index contributed by atoms with van der Waals surface area (Å²) < 4.78 is 6.63. The smallest absolute Gasteiger partial charge is 0.143 e. The molecule has 204 valence electrons. The number of hydrogen-bond donors (Lipinski definition) is 0. The molecule has 8 aromatic rings. The van der Waals surface area contributed by atoms with E-state index in [1.165, 1.54) is 43.8 Å². The predicted molar refractivity (Wildman–Crippen MR) is 176 cm³/mol. The van der Waals surface area contributed by atoms with Crippen LogP contribution in [0.25, 0.3) is 66.0 Å². The summed E-state index contributed by atoms with van der Waals surface area (Å²) in [6.45, 7) is 0. The third-order valence-corrected chi connectivity index (χ3v) is 9.16. The molecule has 0 bridgehead atoms. The first-order valence-corrected chi connectivity index (χ1v) is 15.1. The molecule has 0 amide bonds. The zero-order valence-electron chi connectivity index (χ0n) is 23.6. The first kappa shape index (κ1) is 24.3. The van der Waals surface area contributed by atoms with Crippen LogP contribution in [0.15, 0.2) is 132 Å². The molecule has 1 unspecified atom stereocenters. The highest BCUT2D eigenvalue weighted by molar-refractivity contribution is 6.23. The van der Waals surface area contributed by atoms with Crippen molar-refractivity contribution < 1.29 is 4.42 Å². The van der Waals surface area contributed by atoms with Crippen molar-refractivity contribution in [3.05, 3.63) is 144 Å². The molecule has 1 atom stereocenters. The van der Waals surface area contributed by atoms with Gasteiger partial charge in [0.05, 0.1) is 11.2 Å². The number of furan rings is 1. The van der Waals surface area contributed by atoms with Crippen molar-refractivity contribution in [2.75, 3.05) is 0 Å². The maximum atomic E-state index is 6.63. The maximum absolute atomic E-state index is 6.63. The Morgan fingerprint density at radius 3 is 2.21 bits per heavy atom. The number of nitrogens with zero attached hydrogens (tertiary/aromatic N) is 2. The van der Waals surface area contributed by atoms with Crippen molar-refractivity contribution in [2.45, 2.75) is 25.2 Å². The summed E-state index contributed by atoms with van der Waals surface area (Å²) in [5.41, 5.74) is 10.4. The van der Waals surface area contributed by atoms with Gasteiger partial charge in [0.25, 0.3) is 0 Å². The number of para-hydroxylation sites is 2. The van der Waals surface area contributed by atoms with E-state index < -0.39 is 0 Å². The first-order valence-electron chi connectivity index (χ1n) is 15.1. The molecule has 0 fully saturated rings. The fourth-order valence-corrected chi connectivity index (χ4v) is 7.29. The Labute approximate surface area is 249 Å². The molecule has 0 radical (unpaired) electrons. The zero-order valence-corrected chi connectivity index (χ0v) is 23.6. The second kappa shape index (κ2) is 9.64. The van der Waals surface area contributed by atoms with Crippen molar-refractivity contribution >= 4 is 43.6 Å². The van der Waals surface area contributed by atoms with Crippen LogP contribution in [0.1, 0.15) is 29.3 Å². The Hall–Kier alpha value is -5.28. The maximum Gasteiger partial charge on any atom is 0.143 e. The molecule has 6 aromatic carbocycles. The molecule has 0 aliphatic heterocycles. The second-order valence-corrected chi connectivity index (χ2v) is 11.6. The highest BCUT2D eigenvalue weighted by Gasteiger charge is 2.30. The Balaban J connectivity index is 1.33. The minimum absolute atomic E-state index is 0.232. The van der Waals surface area contributed by atoms with Crippen LogP contribution in [0.2, 0.25) is 0 Å². The average Bonchev–Trinajstić information content (AvgIpc) is 3.38. The predicted octanol–water partition coefficient (Wildman–Crippen LogP) is 10.3. The molecule has 1 aliphatic carbocycles. The van der Waals surface area contributed by atoms with E-state index in [4.69, 9.17) is 14.4 Å². The van der Waals surface area contributed by atoms with Gasteiger partial charge in [0, 0.05) is 33.5 Å². The highest BCUT2D eigenvalue weighted by Crippen LogP contribution is 2.50. The van der Waals surface area contributed by atoms with Crippen molar-refractivity contribution in [1.29, 1.82) is 0 Å². The second-order valence-electron chi connectivity index (χ2n) is 11.6. The number of benzene rings is 6. The van der Waals surface area contributed by atoms with Gasteiger partial charge in [-0.1, -0.05) is 115 Å². The molecule has 9 rings (SSSR count).